The Labute approximate surface area is 156 Å². The Morgan fingerprint density at radius 2 is 1.67 bits per heavy atom. The van der Waals surface area contributed by atoms with Crippen LogP contribution in [0.1, 0.15) is 6.42 Å². The van der Waals surface area contributed by atoms with Crippen LogP contribution >= 0.6 is 0 Å². The zero-order chi connectivity index (χ0) is 20.1. The van der Waals surface area contributed by atoms with Crippen LogP contribution in [0.2, 0.25) is 0 Å². The summed E-state index contributed by atoms with van der Waals surface area (Å²) in [5.41, 5.74) is 0. The fraction of sp³-hybridized carbons (Fsp3) is 0.529. The molecular formula is C17H23NO9. The van der Waals surface area contributed by atoms with Crippen LogP contribution in [0.4, 0.5) is 0 Å². The second kappa shape index (κ2) is 12.6. The molecule has 0 aliphatic carbocycles. The van der Waals surface area contributed by atoms with Gasteiger partial charge in [-0.05, 0) is 0 Å². The van der Waals surface area contributed by atoms with Gasteiger partial charge in [0, 0.05) is 50.4 Å². The third-order valence-electron chi connectivity index (χ3n) is 3.48. The highest BCUT2D eigenvalue weighted by Gasteiger charge is 2.18. The lowest BCUT2D eigenvalue weighted by molar-refractivity contribution is -0.153. The van der Waals surface area contributed by atoms with Gasteiger partial charge in [0.05, 0.1) is 20.3 Å². The Morgan fingerprint density at radius 1 is 1.04 bits per heavy atom. The number of rotatable bonds is 10. The average Bonchev–Trinajstić information content (AvgIpc) is 2.67. The lowest BCUT2D eigenvalue weighted by Gasteiger charge is -2.28. The number of hydrogen-bond donors (Lipinski definition) is 1. The summed E-state index contributed by atoms with van der Waals surface area (Å²) >= 11 is 0. The van der Waals surface area contributed by atoms with Gasteiger partial charge in [0.2, 0.25) is 0 Å². The molecule has 0 amide bonds. The molecule has 10 heteroatoms. The molecule has 1 rings (SSSR count). The summed E-state index contributed by atoms with van der Waals surface area (Å²) in [6.07, 6.45) is 2.87. The van der Waals surface area contributed by atoms with Gasteiger partial charge in [-0.25, -0.2) is 19.2 Å². The van der Waals surface area contributed by atoms with Crippen LogP contribution in [0.5, 0.6) is 0 Å². The molecule has 1 unspecified atom stereocenters. The van der Waals surface area contributed by atoms with Crippen LogP contribution in [0.15, 0.2) is 24.3 Å². The van der Waals surface area contributed by atoms with E-state index in [0.29, 0.717) is 32.3 Å². The van der Waals surface area contributed by atoms with Gasteiger partial charge >= 0.3 is 23.9 Å². The molecule has 1 atom stereocenters. The summed E-state index contributed by atoms with van der Waals surface area (Å²) in [4.78, 5) is 46.8. The standard InChI is InChI=1S/C17H23NO9/c1-24-15(21)4-5-17(23)27-13(6-7-18-8-10-25-11-9-18)12-26-16(22)3-2-14(19)20/h2-5,13H,6-12H2,1H3,(H,19,20)/b3-2+,5-4+. The van der Waals surface area contributed by atoms with Crippen LogP contribution in [-0.4, -0.2) is 86.6 Å². The van der Waals surface area contributed by atoms with Crippen molar-refractivity contribution in [1.29, 1.82) is 0 Å². The Kier molecular flexibility index (Phi) is 10.4. The maximum absolute atomic E-state index is 11.8. The van der Waals surface area contributed by atoms with Crippen molar-refractivity contribution in [1.82, 2.24) is 4.90 Å². The van der Waals surface area contributed by atoms with E-state index in [1.807, 2.05) is 0 Å². The quantitative estimate of drug-likeness (QED) is 0.299. The Morgan fingerprint density at radius 3 is 2.30 bits per heavy atom. The zero-order valence-corrected chi connectivity index (χ0v) is 15.0. The van der Waals surface area contributed by atoms with E-state index >= 15 is 0 Å². The van der Waals surface area contributed by atoms with Gasteiger partial charge in [-0.2, -0.15) is 0 Å². The summed E-state index contributed by atoms with van der Waals surface area (Å²) in [6.45, 7) is 3.05. The van der Waals surface area contributed by atoms with E-state index in [0.717, 1.165) is 31.3 Å². The van der Waals surface area contributed by atoms with E-state index < -0.39 is 30.0 Å². The number of carbonyl (C=O) groups is 4. The van der Waals surface area contributed by atoms with Crippen LogP contribution in [0.3, 0.4) is 0 Å². The molecule has 0 aromatic heterocycles. The van der Waals surface area contributed by atoms with Crippen molar-refractivity contribution in [2.24, 2.45) is 0 Å². The maximum Gasteiger partial charge on any atom is 0.331 e. The van der Waals surface area contributed by atoms with Gasteiger partial charge < -0.3 is 24.1 Å². The monoisotopic (exact) mass is 385 g/mol. The number of carboxylic acids is 1. The Balaban J connectivity index is 2.56. The average molecular weight is 385 g/mol. The minimum atomic E-state index is -1.28. The molecule has 0 aromatic rings. The lowest BCUT2D eigenvalue weighted by atomic mass is 10.2. The van der Waals surface area contributed by atoms with Crippen molar-refractivity contribution in [2.45, 2.75) is 12.5 Å². The van der Waals surface area contributed by atoms with E-state index in [2.05, 4.69) is 9.64 Å². The van der Waals surface area contributed by atoms with Crippen molar-refractivity contribution in [3.05, 3.63) is 24.3 Å². The van der Waals surface area contributed by atoms with Gasteiger partial charge in [0.25, 0.3) is 0 Å². The smallest absolute Gasteiger partial charge is 0.331 e. The molecule has 0 radical (unpaired) electrons. The van der Waals surface area contributed by atoms with E-state index in [9.17, 15) is 19.2 Å². The first-order chi connectivity index (χ1) is 12.9. The van der Waals surface area contributed by atoms with Crippen molar-refractivity contribution in [2.75, 3.05) is 46.6 Å². The van der Waals surface area contributed by atoms with Crippen LogP contribution in [0, 0.1) is 0 Å². The van der Waals surface area contributed by atoms with E-state index in [-0.39, 0.29) is 6.61 Å². The second-order valence-corrected chi connectivity index (χ2v) is 5.46. The number of morpholine rings is 1. The lowest BCUT2D eigenvalue weighted by Crippen LogP contribution is -2.39. The molecule has 1 heterocycles. The maximum atomic E-state index is 11.8. The second-order valence-electron chi connectivity index (χ2n) is 5.46. The highest BCUT2D eigenvalue weighted by Crippen LogP contribution is 2.06. The van der Waals surface area contributed by atoms with Crippen molar-refractivity contribution >= 4 is 23.9 Å². The number of aliphatic carboxylic acids is 1. The van der Waals surface area contributed by atoms with E-state index in [4.69, 9.17) is 19.3 Å². The summed E-state index contributed by atoms with van der Waals surface area (Å²) in [5.74, 6) is -3.64. The minimum Gasteiger partial charge on any atom is -0.478 e. The summed E-state index contributed by atoms with van der Waals surface area (Å²) in [7, 11) is 1.17. The molecule has 10 nitrogen and oxygen atoms in total. The number of ether oxygens (including phenoxy) is 4. The normalized spacial score (nSPS) is 16.2. The Bertz CT molecular complexity index is 579. The fourth-order valence-electron chi connectivity index (χ4n) is 2.10. The van der Waals surface area contributed by atoms with Crippen LogP contribution in [0.25, 0.3) is 0 Å². The fourth-order valence-corrected chi connectivity index (χ4v) is 2.10. The molecule has 0 bridgehead atoms. The summed E-state index contributed by atoms with van der Waals surface area (Å²) in [6, 6.07) is 0. The topological polar surface area (TPSA) is 129 Å². The molecule has 0 saturated carbocycles. The SMILES string of the molecule is COC(=O)/C=C/C(=O)OC(CCN1CCOCC1)COC(=O)/C=C/C(=O)O. The Hall–Kier alpha value is -2.72. The van der Waals surface area contributed by atoms with Crippen molar-refractivity contribution in [3.63, 3.8) is 0 Å². The zero-order valence-electron chi connectivity index (χ0n) is 15.0. The molecule has 1 saturated heterocycles. The van der Waals surface area contributed by atoms with E-state index in [1.54, 1.807) is 0 Å². The first-order valence-electron chi connectivity index (χ1n) is 8.25. The predicted molar refractivity (Wildman–Crippen MR) is 90.6 cm³/mol. The first-order valence-corrected chi connectivity index (χ1v) is 8.25. The van der Waals surface area contributed by atoms with Gasteiger partial charge in [0.15, 0.2) is 0 Å². The molecule has 1 N–H and O–H groups in total. The molecular weight excluding hydrogens is 362 g/mol. The number of esters is 3. The molecule has 1 aliphatic rings. The predicted octanol–water partition coefficient (Wildman–Crippen LogP) is -0.466. The third kappa shape index (κ3) is 10.8. The van der Waals surface area contributed by atoms with Crippen molar-refractivity contribution < 1.29 is 43.2 Å². The number of carboxylic acid groups (broad SMARTS) is 1. The molecule has 150 valence electrons. The number of nitrogens with zero attached hydrogens (tertiary/aromatic N) is 1. The number of hydrogen-bond acceptors (Lipinski definition) is 9. The van der Waals surface area contributed by atoms with Gasteiger partial charge in [0.1, 0.15) is 12.7 Å². The van der Waals surface area contributed by atoms with Gasteiger partial charge in [-0.3, -0.25) is 4.90 Å². The molecule has 27 heavy (non-hydrogen) atoms. The third-order valence-corrected chi connectivity index (χ3v) is 3.48. The van der Waals surface area contributed by atoms with Gasteiger partial charge in [-0.1, -0.05) is 0 Å². The van der Waals surface area contributed by atoms with Gasteiger partial charge in [-0.15, -0.1) is 0 Å². The molecule has 1 fully saturated rings. The number of methoxy groups -OCH3 is 1. The first kappa shape index (κ1) is 22.3. The largest absolute Gasteiger partial charge is 0.478 e. The highest BCUT2D eigenvalue weighted by molar-refractivity contribution is 5.92. The van der Waals surface area contributed by atoms with Crippen molar-refractivity contribution in [3.8, 4) is 0 Å². The van der Waals surface area contributed by atoms with E-state index in [1.165, 1.54) is 7.11 Å². The molecule has 0 aromatic carbocycles. The van der Waals surface area contributed by atoms with Crippen LogP contribution < -0.4 is 0 Å². The number of carbonyl (C=O) groups excluding carboxylic acids is 3. The molecule has 0 spiro atoms. The highest BCUT2D eigenvalue weighted by atomic mass is 16.6. The minimum absolute atomic E-state index is 0.245. The molecule has 1 aliphatic heterocycles. The van der Waals surface area contributed by atoms with Crippen LogP contribution in [-0.2, 0) is 38.1 Å². The summed E-state index contributed by atoms with van der Waals surface area (Å²) in [5, 5.41) is 8.49. The summed E-state index contributed by atoms with van der Waals surface area (Å²) < 4.78 is 19.8.